The van der Waals surface area contributed by atoms with E-state index in [1.54, 1.807) is 0 Å². The normalized spacial score (nSPS) is 12.2. The fourth-order valence-electron chi connectivity index (χ4n) is 1.75. The Morgan fingerprint density at radius 1 is 1.17 bits per heavy atom. The average Bonchev–Trinajstić information content (AvgIpc) is 2.33. The van der Waals surface area contributed by atoms with E-state index in [2.05, 4.69) is 15.9 Å². The van der Waals surface area contributed by atoms with Crippen molar-refractivity contribution in [3.63, 3.8) is 0 Å². The molecule has 18 heavy (non-hydrogen) atoms. The molecular weight excluding hydrogens is 290 g/mol. The largest absolute Gasteiger partial charge is 0.457 e. The number of ether oxygens (including phenoxy) is 1. The van der Waals surface area contributed by atoms with Gasteiger partial charge in [0.15, 0.2) is 0 Å². The van der Waals surface area contributed by atoms with Gasteiger partial charge in [0.05, 0.1) is 0 Å². The molecule has 0 bridgehead atoms. The zero-order valence-corrected chi connectivity index (χ0v) is 11.9. The Bertz CT molecular complexity index is 511. The zero-order chi connectivity index (χ0) is 13.0. The quantitative estimate of drug-likeness (QED) is 0.921. The highest BCUT2D eigenvalue weighted by Gasteiger charge is 2.08. The predicted molar refractivity (Wildman–Crippen MR) is 78.0 cm³/mol. The summed E-state index contributed by atoms with van der Waals surface area (Å²) in [6.07, 6.45) is 0.801. The van der Waals surface area contributed by atoms with E-state index in [-0.39, 0.29) is 6.04 Å². The smallest absolute Gasteiger partial charge is 0.131 e. The number of halogens is 1. The number of para-hydroxylation sites is 1. The second kappa shape index (κ2) is 6.03. The fourth-order valence-corrected chi connectivity index (χ4v) is 2.09. The molecule has 0 aliphatic rings. The molecule has 0 saturated heterocycles. The topological polar surface area (TPSA) is 35.2 Å². The van der Waals surface area contributed by atoms with Crippen LogP contribution in [0.1, 0.15) is 12.5 Å². The zero-order valence-electron chi connectivity index (χ0n) is 10.3. The van der Waals surface area contributed by atoms with Gasteiger partial charge in [0, 0.05) is 10.5 Å². The number of hydrogen-bond donors (Lipinski definition) is 1. The highest BCUT2D eigenvalue weighted by molar-refractivity contribution is 9.10. The molecule has 1 unspecified atom stereocenters. The third-order valence-corrected chi connectivity index (χ3v) is 3.04. The number of hydrogen-bond acceptors (Lipinski definition) is 2. The molecule has 94 valence electrons. The van der Waals surface area contributed by atoms with Gasteiger partial charge in [-0.3, -0.25) is 0 Å². The third-order valence-electron chi connectivity index (χ3n) is 2.54. The predicted octanol–water partition coefficient (Wildman–Crippen LogP) is 4.13. The Morgan fingerprint density at radius 3 is 2.56 bits per heavy atom. The van der Waals surface area contributed by atoms with Crippen molar-refractivity contribution in [1.82, 2.24) is 0 Å². The van der Waals surface area contributed by atoms with Crippen LogP contribution >= 0.6 is 15.9 Å². The lowest BCUT2D eigenvalue weighted by molar-refractivity contribution is 0.473. The van der Waals surface area contributed by atoms with Gasteiger partial charge >= 0.3 is 0 Å². The second-order valence-electron chi connectivity index (χ2n) is 4.35. The van der Waals surface area contributed by atoms with Crippen molar-refractivity contribution in [1.29, 1.82) is 0 Å². The van der Waals surface area contributed by atoms with E-state index in [1.807, 2.05) is 55.5 Å². The van der Waals surface area contributed by atoms with Crippen molar-refractivity contribution in [2.75, 3.05) is 0 Å². The molecule has 0 aliphatic carbocycles. The lowest BCUT2D eigenvalue weighted by Gasteiger charge is -2.13. The molecule has 0 aromatic heterocycles. The lowest BCUT2D eigenvalue weighted by atomic mass is 10.1. The number of rotatable bonds is 4. The van der Waals surface area contributed by atoms with Crippen molar-refractivity contribution in [2.24, 2.45) is 5.73 Å². The first-order valence-electron chi connectivity index (χ1n) is 5.92. The van der Waals surface area contributed by atoms with E-state index < -0.39 is 0 Å². The van der Waals surface area contributed by atoms with E-state index in [4.69, 9.17) is 10.5 Å². The van der Waals surface area contributed by atoms with Gasteiger partial charge in [0.1, 0.15) is 11.5 Å². The minimum absolute atomic E-state index is 0.115. The Hall–Kier alpha value is -1.32. The van der Waals surface area contributed by atoms with Gasteiger partial charge in [0.25, 0.3) is 0 Å². The summed E-state index contributed by atoms with van der Waals surface area (Å²) in [5, 5.41) is 0. The molecule has 0 aliphatic heterocycles. The van der Waals surface area contributed by atoms with Gasteiger partial charge in [-0.15, -0.1) is 0 Å². The van der Waals surface area contributed by atoms with Crippen LogP contribution in [0.2, 0.25) is 0 Å². The van der Waals surface area contributed by atoms with Crippen LogP contribution in [-0.2, 0) is 6.42 Å². The standard InChI is InChI=1S/C15H16BrNO/c1-11(17)9-12-7-8-13(16)10-15(12)18-14-5-3-2-4-6-14/h2-8,10-11H,9,17H2,1H3. The Balaban J connectivity index is 2.27. The molecular formula is C15H16BrNO. The summed E-state index contributed by atoms with van der Waals surface area (Å²) in [6, 6.07) is 15.9. The molecule has 0 radical (unpaired) electrons. The second-order valence-corrected chi connectivity index (χ2v) is 5.26. The van der Waals surface area contributed by atoms with Gasteiger partial charge in [-0.2, -0.15) is 0 Å². The van der Waals surface area contributed by atoms with Crippen molar-refractivity contribution in [3.8, 4) is 11.5 Å². The minimum atomic E-state index is 0.115. The molecule has 1 atom stereocenters. The summed E-state index contributed by atoms with van der Waals surface area (Å²) < 4.78 is 6.91. The summed E-state index contributed by atoms with van der Waals surface area (Å²) >= 11 is 3.46. The number of benzene rings is 2. The van der Waals surface area contributed by atoms with E-state index in [1.165, 1.54) is 0 Å². The maximum absolute atomic E-state index is 5.91. The molecule has 2 nitrogen and oxygen atoms in total. The molecule has 0 saturated carbocycles. The molecule has 0 amide bonds. The minimum Gasteiger partial charge on any atom is -0.457 e. The van der Waals surface area contributed by atoms with Crippen molar-refractivity contribution in [2.45, 2.75) is 19.4 Å². The Kier molecular flexibility index (Phi) is 4.39. The van der Waals surface area contributed by atoms with E-state index in [0.717, 1.165) is 28.0 Å². The average molecular weight is 306 g/mol. The van der Waals surface area contributed by atoms with E-state index >= 15 is 0 Å². The molecule has 2 aromatic carbocycles. The maximum Gasteiger partial charge on any atom is 0.131 e. The lowest BCUT2D eigenvalue weighted by Crippen LogP contribution is -2.18. The Morgan fingerprint density at radius 2 is 1.89 bits per heavy atom. The van der Waals surface area contributed by atoms with E-state index in [9.17, 15) is 0 Å². The third kappa shape index (κ3) is 3.59. The first-order chi connectivity index (χ1) is 8.65. The molecule has 3 heteroatoms. The van der Waals surface area contributed by atoms with Crippen molar-refractivity contribution < 1.29 is 4.74 Å². The SMILES string of the molecule is CC(N)Cc1ccc(Br)cc1Oc1ccccc1. The fraction of sp³-hybridized carbons (Fsp3) is 0.200. The first-order valence-corrected chi connectivity index (χ1v) is 6.71. The van der Waals surface area contributed by atoms with Gasteiger partial charge in [0.2, 0.25) is 0 Å². The van der Waals surface area contributed by atoms with Crippen LogP contribution in [0.25, 0.3) is 0 Å². The molecule has 2 aromatic rings. The highest BCUT2D eigenvalue weighted by Crippen LogP contribution is 2.29. The summed E-state index contributed by atoms with van der Waals surface area (Å²) in [4.78, 5) is 0. The van der Waals surface area contributed by atoms with Crippen molar-refractivity contribution in [3.05, 3.63) is 58.6 Å². The van der Waals surface area contributed by atoms with Crippen molar-refractivity contribution >= 4 is 15.9 Å². The Labute approximate surface area is 116 Å². The van der Waals surface area contributed by atoms with Gasteiger partial charge in [-0.05, 0) is 43.2 Å². The molecule has 0 fully saturated rings. The van der Waals surface area contributed by atoms with Crippen LogP contribution in [0.4, 0.5) is 0 Å². The maximum atomic E-state index is 5.91. The summed E-state index contributed by atoms with van der Waals surface area (Å²) in [6.45, 7) is 1.99. The summed E-state index contributed by atoms with van der Waals surface area (Å²) in [5.74, 6) is 1.69. The molecule has 0 spiro atoms. The van der Waals surface area contributed by atoms with Gasteiger partial charge < -0.3 is 10.5 Å². The van der Waals surface area contributed by atoms with Gasteiger partial charge in [-0.25, -0.2) is 0 Å². The summed E-state index contributed by atoms with van der Waals surface area (Å²) in [7, 11) is 0. The highest BCUT2D eigenvalue weighted by atomic mass is 79.9. The van der Waals surface area contributed by atoms with Crippen LogP contribution in [0.15, 0.2) is 53.0 Å². The number of nitrogens with two attached hydrogens (primary N) is 1. The van der Waals surface area contributed by atoms with Crippen LogP contribution in [-0.4, -0.2) is 6.04 Å². The molecule has 2 rings (SSSR count). The molecule has 0 heterocycles. The van der Waals surface area contributed by atoms with Gasteiger partial charge in [-0.1, -0.05) is 40.2 Å². The van der Waals surface area contributed by atoms with E-state index in [0.29, 0.717) is 0 Å². The monoisotopic (exact) mass is 305 g/mol. The van der Waals surface area contributed by atoms with Crippen LogP contribution < -0.4 is 10.5 Å². The van der Waals surface area contributed by atoms with Crippen LogP contribution in [0, 0.1) is 0 Å². The van der Waals surface area contributed by atoms with Crippen LogP contribution in [0.3, 0.4) is 0 Å². The summed E-state index contributed by atoms with van der Waals surface area (Å²) in [5.41, 5.74) is 6.98. The van der Waals surface area contributed by atoms with Crippen LogP contribution in [0.5, 0.6) is 11.5 Å². The first kappa shape index (κ1) is 13.1. The molecule has 2 N–H and O–H groups in total.